The molecular weight excluding hydrogens is 340 g/mol. The van der Waals surface area contributed by atoms with E-state index in [9.17, 15) is 14.4 Å². The fourth-order valence-electron chi connectivity index (χ4n) is 2.10. The third-order valence-electron chi connectivity index (χ3n) is 3.45. The van der Waals surface area contributed by atoms with E-state index < -0.39 is 24.0 Å². The number of aromatic nitrogens is 1. The lowest BCUT2D eigenvalue weighted by Gasteiger charge is -2.15. The molecule has 0 saturated carbocycles. The fourth-order valence-corrected chi connectivity index (χ4v) is 2.10. The summed E-state index contributed by atoms with van der Waals surface area (Å²) in [5, 5.41) is 8.64. The number of anilines is 1. The Balaban J connectivity index is 1.95. The number of amides is 3. The van der Waals surface area contributed by atoms with Crippen LogP contribution in [0.5, 0.6) is 0 Å². The lowest BCUT2D eigenvalue weighted by molar-refractivity contribution is -0.124. The highest BCUT2D eigenvalue weighted by Gasteiger charge is 2.23. The van der Waals surface area contributed by atoms with E-state index in [1.807, 2.05) is 0 Å². The SMILES string of the molecule is CC[C@@H](OC(=O)c1ccc(CNC(N)=O)cc1)C(=O)Nc1cc(C)on1. The summed E-state index contributed by atoms with van der Waals surface area (Å²) in [6.45, 7) is 3.68. The van der Waals surface area contributed by atoms with Crippen LogP contribution in [0.1, 0.15) is 35.0 Å². The quantitative estimate of drug-likeness (QED) is 0.643. The van der Waals surface area contributed by atoms with E-state index in [0.717, 1.165) is 5.56 Å². The summed E-state index contributed by atoms with van der Waals surface area (Å²) in [6.07, 6.45) is -0.662. The van der Waals surface area contributed by atoms with E-state index in [2.05, 4.69) is 15.8 Å². The number of nitrogens with two attached hydrogens (primary N) is 1. The lowest BCUT2D eigenvalue weighted by Crippen LogP contribution is -2.32. The smallest absolute Gasteiger partial charge is 0.338 e. The molecule has 0 saturated heterocycles. The van der Waals surface area contributed by atoms with Crippen LogP contribution in [0.15, 0.2) is 34.9 Å². The van der Waals surface area contributed by atoms with Gasteiger partial charge in [0.05, 0.1) is 5.56 Å². The van der Waals surface area contributed by atoms with Crippen LogP contribution in [-0.2, 0) is 16.1 Å². The molecule has 1 aromatic heterocycles. The molecule has 0 unspecified atom stereocenters. The number of aryl methyl sites for hydroxylation is 1. The summed E-state index contributed by atoms with van der Waals surface area (Å²) in [5.74, 6) is -0.307. The second kappa shape index (κ2) is 8.65. The second-order valence-electron chi connectivity index (χ2n) is 5.53. The number of urea groups is 1. The van der Waals surface area contributed by atoms with E-state index in [1.54, 1.807) is 44.2 Å². The van der Waals surface area contributed by atoms with Crippen LogP contribution >= 0.6 is 0 Å². The van der Waals surface area contributed by atoms with E-state index in [-0.39, 0.29) is 17.9 Å². The number of rotatable bonds is 7. The zero-order valence-corrected chi connectivity index (χ0v) is 14.4. The summed E-state index contributed by atoms with van der Waals surface area (Å²) in [4.78, 5) is 35.1. The van der Waals surface area contributed by atoms with Gasteiger partial charge in [0.25, 0.3) is 5.91 Å². The van der Waals surface area contributed by atoms with Crippen molar-refractivity contribution in [2.45, 2.75) is 32.9 Å². The normalized spacial score (nSPS) is 11.5. The number of primary amides is 1. The summed E-state index contributed by atoms with van der Waals surface area (Å²) < 4.78 is 10.1. The predicted octanol–water partition coefficient (Wildman–Crippen LogP) is 1.73. The number of hydrogen-bond donors (Lipinski definition) is 3. The van der Waals surface area contributed by atoms with Crippen molar-refractivity contribution in [1.82, 2.24) is 10.5 Å². The molecule has 0 spiro atoms. The summed E-state index contributed by atoms with van der Waals surface area (Å²) >= 11 is 0. The Morgan fingerprint density at radius 3 is 2.50 bits per heavy atom. The van der Waals surface area contributed by atoms with Crippen molar-refractivity contribution in [2.75, 3.05) is 5.32 Å². The van der Waals surface area contributed by atoms with Crippen LogP contribution in [0.3, 0.4) is 0 Å². The van der Waals surface area contributed by atoms with Crippen LogP contribution in [0.4, 0.5) is 10.6 Å². The number of nitrogens with zero attached hydrogens (tertiary/aromatic N) is 1. The molecule has 0 fully saturated rings. The van der Waals surface area contributed by atoms with Crippen molar-refractivity contribution < 1.29 is 23.6 Å². The zero-order chi connectivity index (χ0) is 19.1. The summed E-state index contributed by atoms with van der Waals surface area (Å²) in [5.41, 5.74) is 6.06. The molecule has 2 aromatic rings. The molecule has 26 heavy (non-hydrogen) atoms. The van der Waals surface area contributed by atoms with Gasteiger partial charge in [0.1, 0.15) is 5.76 Å². The average molecular weight is 360 g/mol. The average Bonchev–Trinajstić information content (AvgIpc) is 3.02. The van der Waals surface area contributed by atoms with Gasteiger partial charge in [-0.05, 0) is 31.0 Å². The van der Waals surface area contributed by atoms with Gasteiger partial charge in [-0.3, -0.25) is 4.79 Å². The van der Waals surface area contributed by atoms with Crippen LogP contribution < -0.4 is 16.4 Å². The van der Waals surface area contributed by atoms with E-state index in [0.29, 0.717) is 12.2 Å². The van der Waals surface area contributed by atoms with Gasteiger partial charge in [-0.25, -0.2) is 9.59 Å². The van der Waals surface area contributed by atoms with Crippen molar-refractivity contribution in [1.29, 1.82) is 0 Å². The molecule has 0 bridgehead atoms. The molecule has 9 nitrogen and oxygen atoms in total. The molecule has 138 valence electrons. The largest absolute Gasteiger partial charge is 0.449 e. The minimum absolute atomic E-state index is 0.252. The van der Waals surface area contributed by atoms with Crippen LogP contribution in [0.25, 0.3) is 0 Å². The molecule has 0 aliphatic rings. The first-order valence-electron chi connectivity index (χ1n) is 7.96. The zero-order valence-electron chi connectivity index (χ0n) is 14.4. The Morgan fingerprint density at radius 1 is 1.27 bits per heavy atom. The number of benzene rings is 1. The number of hydrogen-bond acceptors (Lipinski definition) is 6. The van der Waals surface area contributed by atoms with Gasteiger partial charge < -0.3 is 25.6 Å². The number of carbonyl (C=O) groups excluding carboxylic acids is 3. The van der Waals surface area contributed by atoms with Gasteiger partial charge in [-0.2, -0.15) is 0 Å². The number of ether oxygens (including phenoxy) is 1. The Labute approximate surface area is 149 Å². The molecule has 2 rings (SSSR count). The van der Waals surface area contributed by atoms with Gasteiger partial charge >= 0.3 is 12.0 Å². The Morgan fingerprint density at radius 2 is 1.96 bits per heavy atom. The molecule has 1 atom stereocenters. The first-order valence-corrected chi connectivity index (χ1v) is 7.96. The first-order chi connectivity index (χ1) is 12.4. The van der Waals surface area contributed by atoms with E-state index in [4.69, 9.17) is 15.0 Å². The standard InChI is InChI=1S/C17H20N4O5/c1-3-13(15(22)20-14-8-10(2)26-21-14)25-16(23)12-6-4-11(5-7-12)9-19-17(18)24/h4-8,13H,3,9H2,1-2H3,(H3,18,19,24)(H,20,21,22)/t13-/m1/s1. The van der Waals surface area contributed by atoms with Gasteiger partial charge in [0.15, 0.2) is 11.9 Å². The minimum atomic E-state index is -0.962. The minimum Gasteiger partial charge on any atom is -0.449 e. The molecule has 1 aromatic carbocycles. The molecular formula is C17H20N4O5. The second-order valence-corrected chi connectivity index (χ2v) is 5.53. The number of carbonyl (C=O) groups is 3. The van der Waals surface area contributed by atoms with Crippen molar-refractivity contribution in [2.24, 2.45) is 5.73 Å². The summed E-state index contributed by atoms with van der Waals surface area (Å²) in [7, 11) is 0. The van der Waals surface area contributed by atoms with E-state index >= 15 is 0 Å². The highest BCUT2D eigenvalue weighted by molar-refractivity contribution is 5.97. The first kappa shape index (κ1) is 19.0. The fraction of sp³-hybridized carbons (Fsp3) is 0.294. The van der Waals surface area contributed by atoms with Crippen molar-refractivity contribution in [3.8, 4) is 0 Å². The predicted molar refractivity (Wildman–Crippen MR) is 92.2 cm³/mol. The maximum atomic E-state index is 12.2. The molecule has 9 heteroatoms. The molecule has 0 radical (unpaired) electrons. The topological polar surface area (TPSA) is 137 Å². The van der Waals surface area contributed by atoms with Crippen molar-refractivity contribution >= 4 is 23.7 Å². The van der Waals surface area contributed by atoms with E-state index in [1.165, 1.54) is 0 Å². The highest BCUT2D eigenvalue weighted by Crippen LogP contribution is 2.12. The van der Waals surface area contributed by atoms with Gasteiger partial charge in [-0.15, -0.1) is 0 Å². The van der Waals surface area contributed by atoms with Crippen LogP contribution in [0.2, 0.25) is 0 Å². The monoisotopic (exact) mass is 360 g/mol. The van der Waals surface area contributed by atoms with Crippen LogP contribution in [-0.4, -0.2) is 29.2 Å². The maximum absolute atomic E-state index is 12.2. The molecule has 4 N–H and O–H groups in total. The maximum Gasteiger partial charge on any atom is 0.338 e. The van der Waals surface area contributed by atoms with Crippen LogP contribution in [0, 0.1) is 6.92 Å². The Hall–Kier alpha value is -3.36. The summed E-state index contributed by atoms with van der Waals surface area (Å²) in [6, 6.07) is 7.34. The van der Waals surface area contributed by atoms with Crippen molar-refractivity contribution in [3.63, 3.8) is 0 Å². The molecule has 3 amide bonds. The van der Waals surface area contributed by atoms with Gasteiger partial charge in [0, 0.05) is 12.6 Å². The van der Waals surface area contributed by atoms with Gasteiger partial charge in [-0.1, -0.05) is 24.2 Å². The van der Waals surface area contributed by atoms with Crippen molar-refractivity contribution in [3.05, 3.63) is 47.2 Å². The highest BCUT2D eigenvalue weighted by atomic mass is 16.5. The number of nitrogens with one attached hydrogen (secondary N) is 2. The Kier molecular flexibility index (Phi) is 6.31. The van der Waals surface area contributed by atoms with Gasteiger partial charge in [0.2, 0.25) is 0 Å². The Bertz CT molecular complexity index is 785. The number of esters is 1. The molecule has 1 heterocycles. The third kappa shape index (κ3) is 5.33. The third-order valence-corrected chi connectivity index (χ3v) is 3.45. The molecule has 0 aliphatic carbocycles. The molecule has 0 aliphatic heterocycles. The lowest BCUT2D eigenvalue weighted by atomic mass is 10.1.